The summed E-state index contributed by atoms with van der Waals surface area (Å²) in [6, 6.07) is 13.4. The van der Waals surface area contributed by atoms with Gasteiger partial charge in [0.1, 0.15) is 5.75 Å². The Morgan fingerprint density at radius 1 is 1.24 bits per heavy atom. The molecule has 21 heavy (non-hydrogen) atoms. The lowest BCUT2D eigenvalue weighted by molar-refractivity contribution is 0.0784. The van der Waals surface area contributed by atoms with Crippen LogP contribution in [-0.4, -0.2) is 25.0 Å². The molecule has 3 nitrogen and oxygen atoms in total. The Labute approximate surface area is 133 Å². The molecule has 110 valence electrons. The molecule has 0 spiro atoms. The molecular formula is C17H18BrNO2. The van der Waals surface area contributed by atoms with E-state index >= 15 is 0 Å². The highest BCUT2D eigenvalue weighted by Crippen LogP contribution is 2.21. The van der Waals surface area contributed by atoms with E-state index in [1.165, 1.54) is 0 Å². The lowest BCUT2D eigenvalue weighted by atomic mass is 10.1. The first kappa shape index (κ1) is 15.6. The quantitative estimate of drug-likeness (QED) is 0.835. The van der Waals surface area contributed by atoms with Gasteiger partial charge < -0.3 is 9.64 Å². The van der Waals surface area contributed by atoms with E-state index in [2.05, 4.69) is 15.9 Å². The first-order valence-electron chi connectivity index (χ1n) is 6.66. The molecule has 4 heteroatoms. The third-order valence-electron chi connectivity index (χ3n) is 3.37. The molecule has 0 aromatic heterocycles. The summed E-state index contributed by atoms with van der Waals surface area (Å²) in [6.45, 7) is 2.51. The zero-order valence-electron chi connectivity index (χ0n) is 12.4. The normalized spacial score (nSPS) is 10.3. The van der Waals surface area contributed by atoms with Gasteiger partial charge in [-0.1, -0.05) is 40.2 Å². The number of methoxy groups -OCH3 is 1. The molecule has 0 N–H and O–H groups in total. The molecule has 0 radical (unpaired) electrons. The van der Waals surface area contributed by atoms with Crippen LogP contribution in [0.3, 0.4) is 0 Å². The van der Waals surface area contributed by atoms with Crippen molar-refractivity contribution >= 4 is 21.8 Å². The Morgan fingerprint density at radius 3 is 2.62 bits per heavy atom. The van der Waals surface area contributed by atoms with E-state index in [9.17, 15) is 4.79 Å². The second-order valence-electron chi connectivity index (χ2n) is 4.94. The van der Waals surface area contributed by atoms with E-state index in [-0.39, 0.29) is 5.91 Å². The van der Waals surface area contributed by atoms with Gasteiger partial charge in [0, 0.05) is 23.6 Å². The maximum atomic E-state index is 12.5. The molecule has 0 unspecified atom stereocenters. The van der Waals surface area contributed by atoms with Crippen LogP contribution in [0.4, 0.5) is 0 Å². The van der Waals surface area contributed by atoms with Crippen molar-refractivity contribution in [2.45, 2.75) is 13.5 Å². The lowest BCUT2D eigenvalue weighted by Crippen LogP contribution is -2.26. The first-order valence-corrected chi connectivity index (χ1v) is 7.45. The van der Waals surface area contributed by atoms with Crippen molar-refractivity contribution in [1.29, 1.82) is 0 Å². The SMILES string of the molecule is COc1cc(C(=O)N(C)Cc2ccccc2Br)ccc1C. The second-order valence-corrected chi connectivity index (χ2v) is 5.79. The Hall–Kier alpha value is -1.81. The Bertz CT molecular complexity index is 655. The lowest BCUT2D eigenvalue weighted by Gasteiger charge is -2.19. The highest BCUT2D eigenvalue weighted by molar-refractivity contribution is 9.10. The van der Waals surface area contributed by atoms with E-state index in [1.54, 1.807) is 25.1 Å². The standard InChI is InChI=1S/C17H18BrNO2/c1-12-8-9-13(10-16(12)21-3)17(20)19(2)11-14-6-4-5-7-15(14)18/h4-10H,11H2,1-3H3. The summed E-state index contributed by atoms with van der Waals surface area (Å²) in [4.78, 5) is 14.2. The number of hydrogen-bond acceptors (Lipinski definition) is 2. The monoisotopic (exact) mass is 347 g/mol. The number of amides is 1. The van der Waals surface area contributed by atoms with Gasteiger partial charge in [0.15, 0.2) is 0 Å². The zero-order valence-corrected chi connectivity index (χ0v) is 14.0. The second kappa shape index (κ2) is 6.76. The van der Waals surface area contributed by atoms with Gasteiger partial charge in [0.05, 0.1) is 7.11 Å². The largest absolute Gasteiger partial charge is 0.496 e. The molecule has 0 aliphatic rings. The van der Waals surface area contributed by atoms with Gasteiger partial charge in [-0.2, -0.15) is 0 Å². The van der Waals surface area contributed by atoms with Gasteiger partial charge in [-0.25, -0.2) is 0 Å². The van der Waals surface area contributed by atoms with Crippen LogP contribution in [0, 0.1) is 6.92 Å². The molecule has 0 saturated carbocycles. The van der Waals surface area contributed by atoms with Crippen molar-refractivity contribution < 1.29 is 9.53 Å². The number of halogens is 1. The Kier molecular flexibility index (Phi) is 5.02. The number of benzene rings is 2. The van der Waals surface area contributed by atoms with E-state index < -0.39 is 0 Å². The average Bonchev–Trinajstić information content (AvgIpc) is 2.49. The number of rotatable bonds is 4. The minimum atomic E-state index is -0.0240. The molecule has 0 heterocycles. The van der Waals surface area contributed by atoms with Crippen LogP contribution >= 0.6 is 15.9 Å². The molecule has 0 atom stereocenters. The third kappa shape index (κ3) is 3.64. The summed E-state index contributed by atoms with van der Waals surface area (Å²) in [5.41, 5.74) is 2.72. The van der Waals surface area contributed by atoms with Gasteiger partial charge in [-0.15, -0.1) is 0 Å². The number of hydrogen-bond donors (Lipinski definition) is 0. The number of carbonyl (C=O) groups is 1. The molecule has 2 rings (SSSR count). The molecule has 0 bridgehead atoms. The predicted octanol–water partition coefficient (Wildman–Crippen LogP) is 4.04. The maximum Gasteiger partial charge on any atom is 0.254 e. The number of aryl methyl sites for hydroxylation is 1. The van der Waals surface area contributed by atoms with E-state index in [0.717, 1.165) is 21.3 Å². The molecule has 1 amide bonds. The topological polar surface area (TPSA) is 29.5 Å². The summed E-state index contributed by atoms with van der Waals surface area (Å²) in [7, 11) is 3.41. The smallest absolute Gasteiger partial charge is 0.254 e. The van der Waals surface area contributed by atoms with Crippen LogP contribution in [0.2, 0.25) is 0 Å². The zero-order chi connectivity index (χ0) is 15.4. The summed E-state index contributed by atoms with van der Waals surface area (Å²) >= 11 is 3.50. The van der Waals surface area contributed by atoms with Crippen LogP contribution in [-0.2, 0) is 6.54 Å². The van der Waals surface area contributed by atoms with E-state index in [1.807, 2.05) is 43.3 Å². The molecule has 0 saturated heterocycles. The molecule has 2 aromatic carbocycles. The molecule has 0 fully saturated rings. The van der Waals surface area contributed by atoms with Crippen molar-refractivity contribution in [2.75, 3.05) is 14.2 Å². The summed E-state index contributed by atoms with van der Waals surface area (Å²) in [5.74, 6) is 0.708. The minimum absolute atomic E-state index is 0.0240. The molecule has 0 aliphatic carbocycles. The van der Waals surface area contributed by atoms with Crippen molar-refractivity contribution in [2.24, 2.45) is 0 Å². The van der Waals surface area contributed by atoms with Crippen LogP contribution in [0.15, 0.2) is 46.9 Å². The van der Waals surface area contributed by atoms with Gasteiger partial charge in [0.2, 0.25) is 0 Å². The minimum Gasteiger partial charge on any atom is -0.496 e. The van der Waals surface area contributed by atoms with Crippen molar-refractivity contribution in [3.63, 3.8) is 0 Å². The van der Waals surface area contributed by atoms with Crippen LogP contribution in [0.1, 0.15) is 21.5 Å². The highest BCUT2D eigenvalue weighted by atomic mass is 79.9. The van der Waals surface area contributed by atoms with E-state index in [0.29, 0.717) is 12.1 Å². The van der Waals surface area contributed by atoms with Crippen molar-refractivity contribution in [3.05, 3.63) is 63.6 Å². The van der Waals surface area contributed by atoms with Crippen LogP contribution in [0.5, 0.6) is 5.75 Å². The average molecular weight is 348 g/mol. The fourth-order valence-electron chi connectivity index (χ4n) is 2.13. The maximum absolute atomic E-state index is 12.5. The summed E-state index contributed by atoms with van der Waals surface area (Å²) in [5, 5.41) is 0. The predicted molar refractivity (Wildman–Crippen MR) is 87.7 cm³/mol. The molecular weight excluding hydrogens is 330 g/mol. The fourth-order valence-corrected chi connectivity index (χ4v) is 2.54. The fraction of sp³-hybridized carbons (Fsp3) is 0.235. The molecule has 0 aliphatic heterocycles. The highest BCUT2D eigenvalue weighted by Gasteiger charge is 2.14. The summed E-state index contributed by atoms with van der Waals surface area (Å²) < 4.78 is 6.28. The van der Waals surface area contributed by atoms with Crippen molar-refractivity contribution in [1.82, 2.24) is 4.90 Å². The van der Waals surface area contributed by atoms with Gasteiger partial charge in [0.25, 0.3) is 5.91 Å². The number of ether oxygens (including phenoxy) is 1. The van der Waals surface area contributed by atoms with Crippen LogP contribution in [0.25, 0.3) is 0 Å². The number of carbonyl (C=O) groups excluding carboxylic acids is 1. The summed E-state index contributed by atoms with van der Waals surface area (Å²) in [6.07, 6.45) is 0. The van der Waals surface area contributed by atoms with Crippen molar-refractivity contribution in [3.8, 4) is 5.75 Å². The Balaban J connectivity index is 2.18. The van der Waals surface area contributed by atoms with E-state index in [4.69, 9.17) is 4.74 Å². The first-order chi connectivity index (χ1) is 10.0. The number of nitrogens with zero attached hydrogens (tertiary/aromatic N) is 1. The van der Waals surface area contributed by atoms with Gasteiger partial charge >= 0.3 is 0 Å². The Morgan fingerprint density at radius 2 is 1.95 bits per heavy atom. The van der Waals surface area contributed by atoms with Gasteiger partial charge in [-0.05, 0) is 36.2 Å². The van der Waals surface area contributed by atoms with Gasteiger partial charge in [-0.3, -0.25) is 4.79 Å². The van der Waals surface area contributed by atoms with Crippen LogP contribution < -0.4 is 4.74 Å². The third-order valence-corrected chi connectivity index (χ3v) is 4.14. The molecule has 2 aromatic rings.